The molecule has 1 saturated heterocycles. The van der Waals surface area contributed by atoms with Gasteiger partial charge < -0.3 is 15.0 Å². The van der Waals surface area contributed by atoms with Gasteiger partial charge in [-0.1, -0.05) is 6.92 Å². The Morgan fingerprint density at radius 1 is 1.39 bits per heavy atom. The van der Waals surface area contributed by atoms with E-state index in [1.54, 1.807) is 0 Å². The predicted molar refractivity (Wildman–Crippen MR) is 76.3 cm³/mol. The third kappa shape index (κ3) is 6.57. The van der Waals surface area contributed by atoms with Gasteiger partial charge in [0.2, 0.25) is 5.91 Å². The summed E-state index contributed by atoms with van der Waals surface area (Å²) in [6.07, 6.45) is 5.19. The second-order valence-electron chi connectivity index (χ2n) is 4.66. The van der Waals surface area contributed by atoms with E-state index in [9.17, 15) is 4.79 Å². The Hall–Kier alpha value is -0.320. The van der Waals surface area contributed by atoms with Crippen molar-refractivity contribution >= 4 is 18.3 Å². The molecule has 1 amide bonds. The maximum atomic E-state index is 11.9. The molecule has 0 spiro atoms. The number of rotatable bonds is 6. The van der Waals surface area contributed by atoms with Crippen LogP contribution in [0.3, 0.4) is 0 Å². The predicted octanol–water partition coefficient (Wildman–Crippen LogP) is 1.83. The lowest BCUT2D eigenvalue weighted by atomic mass is 10.2. The minimum absolute atomic E-state index is 0. The average Bonchev–Trinajstić information content (AvgIpc) is 2.59. The summed E-state index contributed by atoms with van der Waals surface area (Å²) in [5.74, 6) is 0.274. The van der Waals surface area contributed by atoms with E-state index in [1.165, 1.54) is 0 Å². The van der Waals surface area contributed by atoms with E-state index in [-0.39, 0.29) is 18.3 Å². The third-order valence-corrected chi connectivity index (χ3v) is 3.17. The van der Waals surface area contributed by atoms with Crippen LogP contribution in [-0.4, -0.2) is 50.2 Å². The van der Waals surface area contributed by atoms with Crippen LogP contribution in [0.1, 0.15) is 39.0 Å². The molecule has 1 aliphatic heterocycles. The Balaban J connectivity index is 0.00000289. The maximum Gasteiger partial charge on any atom is 0.223 e. The number of ether oxygens (including phenoxy) is 1. The highest BCUT2D eigenvalue weighted by Crippen LogP contribution is 2.15. The molecule has 1 heterocycles. The molecule has 0 radical (unpaired) electrons. The van der Waals surface area contributed by atoms with Crippen molar-refractivity contribution in [1.82, 2.24) is 10.2 Å². The first kappa shape index (κ1) is 17.7. The number of nitrogens with zero attached hydrogens (tertiary/aromatic N) is 1. The quantitative estimate of drug-likeness (QED) is 0.806. The lowest BCUT2D eigenvalue weighted by Crippen LogP contribution is -2.33. The van der Waals surface area contributed by atoms with Gasteiger partial charge in [0.05, 0.1) is 6.10 Å². The molecule has 0 aromatic rings. The van der Waals surface area contributed by atoms with Crippen molar-refractivity contribution in [3.05, 3.63) is 0 Å². The monoisotopic (exact) mass is 278 g/mol. The number of nitrogens with one attached hydrogen (secondary N) is 1. The molecule has 0 bridgehead atoms. The number of carbonyl (C=O) groups excluding carboxylic acids is 1. The van der Waals surface area contributed by atoms with Crippen molar-refractivity contribution < 1.29 is 9.53 Å². The summed E-state index contributed by atoms with van der Waals surface area (Å²) >= 11 is 0. The van der Waals surface area contributed by atoms with Crippen molar-refractivity contribution in [2.24, 2.45) is 0 Å². The van der Waals surface area contributed by atoms with Gasteiger partial charge in [-0.25, -0.2) is 0 Å². The summed E-state index contributed by atoms with van der Waals surface area (Å²) in [7, 11) is 1.88. The molecular formula is C13H27ClN2O2. The molecule has 0 saturated carbocycles. The number of carbonyl (C=O) groups is 1. The van der Waals surface area contributed by atoms with Gasteiger partial charge in [-0.15, -0.1) is 12.4 Å². The van der Waals surface area contributed by atoms with Gasteiger partial charge in [-0.05, 0) is 32.7 Å². The van der Waals surface area contributed by atoms with Crippen molar-refractivity contribution in [2.75, 3.05) is 33.3 Å². The molecule has 1 fully saturated rings. The lowest BCUT2D eigenvalue weighted by molar-refractivity contribution is -0.131. The number of halogens is 1. The normalized spacial score (nSPS) is 20.1. The summed E-state index contributed by atoms with van der Waals surface area (Å²) in [6, 6.07) is 0. The smallest absolute Gasteiger partial charge is 0.223 e. The van der Waals surface area contributed by atoms with Crippen LogP contribution < -0.4 is 5.32 Å². The topological polar surface area (TPSA) is 41.6 Å². The largest absolute Gasteiger partial charge is 0.378 e. The average molecular weight is 279 g/mol. The Morgan fingerprint density at radius 2 is 2.17 bits per heavy atom. The minimum atomic E-state index is 0. The molecule has 18 heavy (non-hydrogen) atoms. The molecular weight excluding hydrogens is 252 g/mol. The van der Waals surface area contributed by atoms with E-state index < -0.39 is 0 Å². The highest BCUT2D eigenvalue weighted by Gasteiger charge is 2.20. The van der Waals surface area contributed by atoms with Gasteiger partial charge >= 0.3 is 0 Å². The summed E-state index contributed by atoms with van der Waals surface area (Å²) in [5.41, 5.74) is 0. The molecule has 0 aliphatic carbocycles. The first-order valence-corrected chi connectivity index (χ1v) is 6.82. The van der Waals surface area contributed by atoms with Crippen LogP contribution in [-0.2, 0) is 9.53 Å². The van der Waals surface area contributed by atoms with Gasteiger partial charge in [0, 0.05) is 32.7 Å². The van der Waals surface area contributed by atoms with E-state index in [1.807, 2.05) is 11.9 Å². The SMILES string of the molecule is CCCOC1CCCN(C(=O)CCNC)CC1.Cl. The van der Waals surface area contributed by atoms with Crippen LogP contribution in [0.5, 0.6) is 0 Å². The highest BCUT2D eigenvalue weighted by molar-refractivity contribution is 5.85. The fraction of sp³-hybridized carbons (Fsp3) is 0.923. The van der Waals surface area contributed by atoms with Crippen LogP contribution in [0.2, 0.25) is 0 Å². The van der Waals surface area contributed by atoms with E-state index in [0.29, 0.717) is 12.5 Å². The van der Waals surface area contributed by atoms with Gasteiger partial charge in [-0.3, -0.25) is 4.79 Å². The molecule has 1 aliphatic rings. The Bertz CT molecular complexity index is 227. The molecule has 1 atom stereocenters. The highest BCUT2D eigenvalue weighted by atomic mass is 35.5. The maximum absolute atomic E-state index is 11.9. The number of hydrogen-bond donors (Lipinski definition) is 1. The number of likely N-dealkylation sites (tertiary alicyclic amines) is 1. The van der Waals surface area contributed by atoms with Crippen molar-refractivity contribution in [3.63, 3.8) is 0 Å². The second kappa shape index (κ2) is 10.6. The standard InChI is InChI=1S/C13H26N2O2.ClH/c1-3-11-17-12-5-4-9-15(10-7-12)13(16)6-8-14-2;/h12,14H,3-11H2,1-2H3;1H. The minimum Gasteiger partial charge on any atom is -0.378 e. The van der Waals surface area contributed by atoms with Crippen LogP contribution in [0.4, 0.5) is 0 Å². The molecule has 1 rings (SSSR count). The molecule has 1 unspecified atom stereocenters. The molecule has 0 aromatic carbocycles. The van der Waals surface area contributed by atoms with Gasteiger partial charge in [0.15, 0.2) is 0 Å². The Kier molecular flexibility index (Phi) is 10.4. The van der Waals surface area contributed by atoms with Gasteiger partial charge in [0.25, 0.3) is 0 Å². The molecule has 108 valence electrons. The van der Waals surface area contributed by atoms with E-state index in [0.717, 1.165) is 51.9 Å². The van der Waals surface area contributed by atoms with E-state index in [2.05, 4.69) is 12.2 Å². The second-order valence-corrected chi connectivity index (χ2v) is 4.66. The zero-order chi connectivity index (χ0) is 12.5. The Labute approximate surface area is 117 Å². The first-order chi connectivity index (χ1) is 8.27. The van der Waals surface area contributed by atoms with Crippen LogP contribution in [0, 0.1) is 0 Å². The molecule has 5 heteroatoms. The van der Waals surface area contributed by atoms with Crippen molar-refractivity contribution in [3.8, 4) is 0 Å². The zero-order valence-corrected chi connectivity index (χ0v) is 12.4. The summed E-state index contributed by atoms with van der Waals surface area (Å²) in [6.45, 7) is 5.50. The zero-order valence-electron chi connectivity index (χ0n) is 11.6. The van der Waals surface area contributed by atoms with Crippen molar-refractivity contribution in [1.29, 1.82) is 0 Å². The summed E-state index contributed by atoms with van der Waals surface area (Å²) < 4.78 is 5.77. The van der Waals surface area contributed by atoms with E-state index in [4.69, 9.17) is 4.74 Å². The first-order valence-electron chi connectivity index (χ1n) is 6.82. The van der Waals surface area contributed by atoms with E-state index >= 15 is 0 Å². The fourth-order valence-corrected chi connectivity index (χ4v) is 2.16. The lowest BCUT2D eigenvalue weighted by Gasteiger charge is -2.20. The third-order valence-electron chi connectivity index (χ3n) is 3.17. The fourth-order valence-electron chi connectivity index (χ4n) is 2.16. The summed E-state index contributed by atoms with van der Waals surface area (Å²) in [4.78, 5) is 13.9. The van der Waals surface area contributed by atoms with Crippen LogP contribution in [0.15, 0.2) is 0 Å². The van der Waals surface area contributed by atoms with Gasteiger partial charge in [-0.2, -0.15) is 0 Å². The number of amides is 1. The van der Waals surface area contributed by atoms with Gasteiger partial charge in [0.1, 0.15) is 0 Å². The van der Waals surface area contributed by atoms with Crippen molar-refractivity contribution in [2.45, 2.75) is 45.1 Å². The van der Waals surface area contributed by atoms with Crippen LogP contribution in [0.25, 0.3) is 0 Å². The molecule has 1 N–H and O–H groups in total. The Morgan fingerprint density at radius 3 is 2.83 bits per heavy atom. The number of hydrogen-bond acceptors (Lipinski definition) is 3. The van der Waals surface area contributed by atoms with Crippen LogP contribution >= 0.6 is 12.4 Å². The molecule has 4 nitrogen and oxygen atoms in total. The summed E-state index contributed by atoms with van der Waals surface area (Å²) in [5, 5.41) is 3.02. The molecule has 0 aromatic heterocycles.